The zero-order chi connectivity index (χ0) is 24.2. The zero-order valence-corrected chi connectivity index (χ0v) is 19.4. The van der Waals surface area contributed by atoms with Gasteiger partial charge in [0.2, 0.25) is 11.9 Å². The molecule has 5 heterocycles. The van der Waals surface area contributed by atoms with Crippen LogP contribution < -0.4 is 10.5 Å². The minimum atomic E-state index is -0.885. The summed E-state index contributed by atoms with van der Waals surface area (Å²) in [5.41, 5.74) is 9.15. The van der Waals surface area contributed by atoms with Gasteiger partial charge in [-0.25, -0.2) is 15.0 Å². The number of fused-ring (bicyclic) bond motifs is 4. The van der Waals surface area contributed by atoms with E-state index in [1.54, 1.807) is 30.5 Å². The van der Waals surface area contributed by atoms with Gasteiger partial charge in [-0.3, -0.25) is 4.98 Å². The molecular weight excluding hydrogens is 468 g/mol. The Hall–Kier alpha value is -3.85. The van der Waals surface area contributed by atoms with Crippen LogP contribution in [0.4, 0.5) is 8.78 Å². The monoisotopic (exact) mass is 487 g/mol. The van der Waals surface area contributed by atoms with Gasteiger partial charge in [0, 0.05) is 46.0 Å². The van der Waals surface area contributed by atoms with Crippen molar-refractivity contribution < 1.29 is 13.5 Å². The van der Waals surface area contributed by atoms with Crippen molar-refractivity contribution in [1.29, 1.82) is 0 Å². The Bertz CT molecular complexity index is 1510. The number of benzene rings is 1. The van der Waals surface area contributed by atoms with Gasteiger partial charge in [0.05, 0.1) is 11.9 Å². The predicted molar refractivity (Wildman–Crippen MR) is 131 cm³/mol. The maximum atomic E-state index is 14.6. The van der Waals surface area contributed by atoms with Gasteiger partial charge in [-0.2, -0.15) is 8.78 Å². The van der Waals surface area contributed by atoms with Crippen LogP contribution in [0.25, 0.3) is 22.4 Å². The summed E-state index contributed by atoms with van der Waals surface area (Å²) in [6.45, 7) is 2.08. The number of rotatable bonds is 3. The van der Waals surface area contributed by atoms with E-state index in [-0.39, 0.29) is 5.25 Å². The van der Waals surface area contributed by atoms with Crippen LogP contribution in [0.1, 0.15) is 24.5 Å². The Morgan fingerprint density at radius 3 is 2.63 bits per heavy atom. The third-order valence-corrected chi connectivity index (χ3v) is 7.66. The highest BCUT2D eigenvalue weighted by atomic mass is 32.2. The molecule has 35 heavy (non-hydrogen) atoms. The first kappa shape index (κ1) is 21.7. The minimum Gasteiger partial charge on any atom is -0.455 e. The highest BCUT2D eigenvalue weighted by Gasteiger charge is 2.52. The number of thioether (sulfide) groups is 1. The molecule has 2 unspecified atom stereocenters. The summed E-state index contributed by atoms with van der Waals surface area (Å²) in [4.78, 5) is 16.9. The minimum absolute atomic E-state index is 0.0395. The lowest BCUT2D eigenvalue weighted by Gasteiger charge is -2.38. The van der Waals surface area contributed by atoms with E-state index < -0.39 is 17.4 Å². The van der Waals surface area contributed by atoms with E-state index >= 15 is 0 Å². The molecule has 174 valence electrons. The first-order valence-corrected chi connectivity index (χ1v) is 11.9. The van der Waals surface area contributed by atoms with Gasteiger partial charge in [-0.1, -0.05) is 24.8 Å². The van der Waals surface area contributed by atoms with Gasteiger partial charge < -0.3 is 10.5 Å². The molecule has 0 amide bonds. The van der Waals surface area contributed by atoms with Crippen molar-refractivity contribution in [2.24, 2.45) is 10.7 Å². The number of aromatic nitrogens is 3. The van der Waals surface area contributed by atoms with E-state index in [0.29, 0.717) is 39.1 Å². The molecule has 3 aromatic heterocycles. The van der Waals surface area contributed by atoms with Crippen LogP contribution in [0.2, 0.25) is 0 Å². The number of hydrogen-bond donors (Lipinski definition) is 1. The fourth-order valence-corrected chi connectivity index (χ4v) is 5.97. The second-order valence-electron chi connectivity index (χ2n) is 8.32. The molecule has 9 heteroatoms. The Morgan fingerprint density at radius 2 is 1.83 bits per heavy atom. The Labute approximate surface area is 204 Å². The summed E-state index contributed by atoms with van der Waals surface area (Å²) in [7, 11) is 0. The molecule has 2 N–H and O–H groups in total. The fraction of sp³-hybridized carbons (Fsp3) is 0.154. The lowest BCUT2D eigenvalue weighted by molar-refractivity contribution is 0.389. The third-order valence-electron chi connectivity index (χ3n) is 6.37. The molecule has 1 spiro atoms. The Morgan fingerprint density at radius 1 is 0.971 bits per heavy atom. The molecule has 2 aliphatic rings. The van der Waals surface area contributed by atoms with Crippen molar-refractivity contribution in [1.82, 2.24) is 15.0 Å². The smallest absolute Gasteiger partial charge is 0.220 e. The van der Waals surface area contributed by atoms with E-state index in [0.717, 1.165) is 17.5 Å². The molecule has 0 saturated carbocycles. The quantitative estimate of drug-likeness (QED) is 0.375. The van der Waals surface area contributed by atoms with E-state index in [9.17, 15) is 8.78 Å². The van der Waals surface area contributed by atoms with Crippen LogP contribution in [0, 0.1) is 11.9 Å². The van der Waals surface area contributed by atoms with Crippen molar-refractivity contribution in [3.63, 3.8) is 0 Å². The summed E-state index contributed by atoms with van der Waals surface area (Å²) >= 11 is 1.50. The second kappa shape index (κ2) is 8.13. The van der Waals surface area contributed by atoms with Gasteiger partial charge in [0.25, 0.3) is 0 Å². The molecule has 0 saturated heterocycles. The van der Waals surface area contributed by atoms with Crippen molar-refractivity contribution >= 4 is 16.9 Å². The number of nitrogens with two attached hydrogens (primary N) is 1. The highest BCUT2D eigenvalue weighted by Crippen LogP contribution is 2.57. The van der Waals surface area contributed by atoms with Gasteiger partial charge in [-0.15, -0.1) is 0 Å². The summed E-state index contributed by atoms with van der Waals surface area (Å²) in [6.07, 6.45) is 5.21. The molecule has 4 aromatic rings. The highest BCUT2D eigenvalue weighted by molar-refractivity contribution is 8.14. The van der Waals surface area contributed by atoms with E-state index in [1.807, 2.05) is 18.2 Å². The fourth-order valence-electron chi connectivity index (χ4n) is 4.84. The maximum absolute atomic E-state index is 14.6. The molecular formula is C26H19F2N5OS. The second-order valence-corrected chi connectivity index (χ2v) is 9.54. The van der Waals surface area contributed by atoms with Gasteiger partial charge >= 0.3 is 0 Å². The van der Waals surface area contributed by atoms with Crippen molar-refractivity contribution in [2.45, 2.75) is 24.1 Å². The van der Waals surface area contributed by atoms with Gasteiger partial charge in [0.1, 0.15) is 11.3 Å². The Kier molecular flexibility index (Phi) is 5.03. The SMILES string of the molecule is CCC1SC(N)=NC12c1cc(-c3cccnc3F)ccc1Oc1cnc(-c3ccnc(F)c3)cc12. The van der Waals surface area contributed by atoms with Crippen molar-refractivity contribution in [3.05, 3.63) is 90.1 Å². The van der Waals surface area contributed by atoms with Gasteiger partial charge in [0.15, 0.2) is 10.9 Å². The number of pyridine rings is 3. The standard InChI is InChI=1S/C26H19F2N5OS/c1-2-22-26(33-25(29)35-22)17-10-14(16-4-3-8-31-24(16)28)5-6-20(17)34-21-13-32-19(12-18(21)26)15-7-9-30-23(27)11-15/h3-13,22H,2H2,1H3,(H2,29,33). The Balaban J connectivity index is 1.60. The molecule has 2 atom stereocenters. The average Bonchev–Trinajstić information content (AvgIpc) is 3.21. The summed E-state index contributed by atoms with van der Waals surface area (Å²) in [5, 5.41) is 0.421. The number of ether oxygens (including phenoxy) is 1. The lowest BCUT2D eigenvalue weighted by atomic mass is 9.76. The van der Waals surface area contributed by atoms with Crippen LogP contribution >= 0.6 is 11.8 Å². The van der Waals surface area contributed by atoms with Crippen molar-refractivity contribution in [2.75, 3.05) is 0 Å². The van der Waals surface area contributed by atoms with Crippen LogP contribution in [0.15, 0.2) is 72.1 Å². The third kappa shape index (κ3) is 3.37. The molecule has 0 fully saturated rings. The van der Waals surface area contributed by atoms with E-state index in [2.05, 4.69) is 21.9 Å². The van der Waals surface area contributed by atoms with Gasteiger partial charge in [-0.05, 0) is 48.4 Å². The first-order chi connectivity index (χ1) is 17.0. The lowest BCUT2D eigenvalue weighted by Crippen LogP contribution is -2.37. The van der Waals surface area contributed by atoms with Crippen LogP contribution in [0.5, 0.6) is 11.5 Å². The molecule has 6 nitrogen and oxygen atoms in total. The normalized spacial score (nSPS) is 20.2. The zero-order valence-electron chi connectivity index (χ0n) is 18.6. The summed E-state index contributed by atoms with van der Waals surface area (Å²) < 4.78 is 34.7. The van der Waals surface area contributed by atoms with E-state index in [4.69, 9.17) is 15.5 Å². The summed E-state index contributed by atoms with van der Waals surface area (Å²) in [5.74, 6) is 0.00779. The van der Waals surface area contributed by atoms with Crippen LogP contribution in [-0.4, -0.2) is 25.4 Å². The molecule has 0 bridgehead atoms. The molecule has 0 radical (unpaired) electrons. The van der Waals surface area contributed by atoms with E-state index in [1.165, 1.54) is 30.2 Å². The maximum Gasteiger partial charge on any atom is 0.220 e. The molecule has 6 rings (SSSR count). The largest absolute Gasteiger partial charge is 0.455 e. The van der Waals surface area contributed by atoms with Crippen LogP contribution in [-0.2, 0) is 5.54 Å². The van der Waals surface area contributed by atoms with Crippen LogP contribution in [0.3, 0.4) is 0 Å². The average molecular weight is 488 g/mol. The molecule has 1 aromatic carbocycles. The summed E-state index contributed by atoms with van der Waals surface area (Å²) in [6, 6.07) is 13.8. The first-order valence-electron chi connectivity index (χ1n) is 11.1. The molecule has 0 aliphatic carbocycles. The van der Waals surface area contributed by atoms with Crippen molar-refractivity contribution in [3.8, 4) is 33.9 Å². The topological polar surface area (TPSA) is 86.3 Å². The number of nitrogens with zero attached hydrogens (tertiary/aromatic N) is 4. The predicted octanol–water partition coefficient (Wildman–Crippen LogP) is 5.67. The number of amidine groups is 1. The molecule has 2 aliphatic heterocycles. The number of hydrogen-bond acceptors (Lipinski definition) is 7. The number of halogens is 2. The number of aliphatic imine (C=N–C) groups is 1.